The molecule has 2 unspecified atom stereocenters. The van der Waals surface area contributed by atoms with Crippen molar-refractivity contribution in [2.45, 2.75) is 44.6 Å². The highest BCUT2D eigenvalue weighted by Gasteiger charge is 2.27. The van der Waals surface area contributed by atoms with E-state index in [0.717, 1.165) is 6.54 Å². The Kier molecular flexibility index (Phi) is 3.55. The molecule has 1 aromatic carbocycles. The zero-order chi connectivity index (χ0) is 12.4. The predicted octanol–water partition coefficient (Wildman–Crippen LogP) is 2.96. The first-order chi connectivity index (χ1) is 8.84. The third-order valence-electron chi connectivity index (χ3n) is 4.63. The summed E-state index contributed by atoms with van der Waals surface area (Å²) in [5, 5.41) is 0. The number of para-hydroxylation sites is 1. The molecule has 1 aliphatic heterocycles. The second-order valence-corrected chi connectivity index (χ2v) is 5.89. The lowest BCUT2D eigenvalue weighted by Crippen LogP contribution is -2.36. The van der Waals surface area contributed by atoms with Gasteiger partial charge in [0.2, 0.25) is 0 Å². The molecule has 0 aromatic heterocycles. The van der Waals surface area contributed by atoms with Crippen molar-refractivity contribution in [2.24, 2.45) is 11.7 Å². The molecule has 0 radical (unpaired) electrons. The van der Waals surface area contributed by atoms with E-state index in [1.807, 2.05) is 0 Å². The van der Waals surface area contributed by atoms with E-state index < -0.39 is 0 Å². The molecule has 1 heterocycles. The molecular weight excluding hydrogens is 220 g/mol. The van der Waals surface area contributed by atoms with Crippen LogP contribution in [0.15, 0.2) is 24.3 Å². The summed E-state index contributed by atoms with van der Waals surface area (Å²) in [6.07, 6.45) is 7.74. The summed E-state index contributed by atoms with van der Waals surface area (Å²) >= 11 is 0. The number of nitrogens with zero attached hydrogens (tertiary/aromatic N) is 1. The van der Waals surface area contributed by atoms with E-state index in [4.69, 9.17) is 5.73 Å². The Hall–Kier alpha value is -1.02. The van der Waals surface area contributed by atoms with Crippen LogP contribution in [0.2, 0.25) is 0 Å². The highest BCUT2D eigenvalue weighted by Crippen LogP contribution is 2.30. The van der Waals surface area contributed by atoms with Crippen LogP contribution in [0.5, 0.6) is 0 Å². The third-order valence-corrected chi connectivity index (χ3v) is 4.63. The van der Waals surface area contributed by atoms with Gasteiger partial charge in [0.15, 0.2) is 0 Å². The number of rotatable bonds is 2. The summed E-state index contributed by atoms with van der Waals surface area (Å²) in [4.78, 5) is 2.60. The van der Waals surface area contributed by atoms with Gasteiger partial charge in [0, 0.05) is 24.8 Å². The van der Waals surface area contributed by atoms with Gasteiger partial charge in [-0.1, -0.05) is 24.6 Å². The molecule has 2 nitrogen and oxygen atoms in total. The third kappa shape index (κ3) is 2.39. The van der Waals surface area contributed by atoms with Crippen LogP contribution < -0.4 is 10.6 Å². The first kappa shape index (κ1) is 12.0. The molecule has 0 saturated heterocycles. The van der Waals surface area contributed by atoms with Gasteiger partial charge in [-0.25, -0.2) is 0 Å². The Morgan fingerprint density at radius 3 is 2.83 bits per heavy atom. The smallest absolute Gasteiger partial charge is 0.0398 e. The van der Waals surface area contributed by atoms with Crippen LogP contribution >= 0.6 is 0 Å². The lowest BCUT2D eigenvalue weighted by atomic mass is 10.0. The van der Waals surface area contributed by atoms with Gasteiger partial charge >= 0.3 is 0 Å². The first-order valence-corrected chi connectivity index (χ1v) is 7.43. The number of hydrogen-bond donors (Lipinski definition) is 1. The Bertz CT molecular complexity index is 402. The predicted molar refractivity (Wildman–Crippen MR) is 76.9 cm³/mol. The number of anilines is 1. The first-order valence-electron chi connectivity index (χ1n) is 7.43. The Morgan fingerprint density at radius 2 is 2.00 bits per heavy atom. The molecule has 1 fully saturated rings. The largest absolute Gasteiger partial charge is 0.371 e. The van der Waals surface area contributed by atoms with Crippen LogP contribution in [-0.4, -0.2) is 19.1 Å². The molecule has 1 aliphatic carbocycles. The fourth-order valence-electron chi connectivity index (χ4n) is 3.53. The Labute approximate surface area is 110 Å². The molecule has 1 saturated carbocycles. The molecule has 2 atom stereocenters. The van der Waals surface area contributed by atoms with Crippen molar-refractivity contribution in [3.63, 3.8) is 0 Å². The molecule has 3 rings (SSSR count). The maximum absolute atomic E-state index is 6.23. The summed E-state index contributed by atoms with van der Waals surface area (Å²) in [5.41, 5.74) is 9.22. The fraction of sp³-hybridized carbons (Fsp3) is 0.625. The van der Waals surface area contributed by atoms with Crippen molar-refractivity contribution < 1.29 is 0 Å². The van der Waals surface area contributed by atoms with E-state index in [2.05, 4.69) is 29.2 Å². The summed E-state index contributed by atoms with van der Waals surface area (Å²) in [7, 11) is 0. The minimum Gasteiger partial charge on any atom is -0.371 e. The van der Waals surface area contributed by atoms with Gasteiger partial charge in [0.1, 0.15) is 0 Å². The number of hydrogen-bond acceptors (Lipinski definition) is 2. The molecule has 0 amide bonds. The second-order valence-electron chi connectivity index (χ2n) is 5.89. The van der Waals surface area contributed by atoms with E-state index >= 15 is 0 Å². The van der Waals surface area contributed by atoms with Gasteiger partial charge in [0.25, 0.3) is 0 Å². The monoisotopic (exact) mass is 244 g/mol. The Balaban J connectivity index is 1.79. The van der Waals surface area contributed by atoms with Gasteiger partial charge in [-0.2, -0.15) is 0 Å². The number of aryl methyl sites for hydroxylation is 1. The normalized spacial score (nSPS) is 27.9. The van der Waals surface area contributed by atoms with Gasteiger partial charge in [-0.05, 0) is 49.7 Å². The molecule has 18 heavy (non-hydrogen) atoms. The van der Waals surface area contributed by atoms with Crippen molar-refractivity contribution >= 4 is 5.69 Å². The van der Waals surface area contributed by atoms with Gasteiger partial charge in [0.05, 0.1) is 0 Å². The minimum absolute atomic E-state index is 0.431. The standard InChI is InChI=1S/C16H24N2/c17-15-9-5-8-14(15)12-18-11-4-3-7-13-6-1-2-10-16(13)18/h1-2,6,10,14-15H,3-5,7-9,11-12,17H2. The van der Waals surface area contributed by atoms with Crippen LogP contribution in [0.25, 0.3) is 0 Å². The molecule has 2 N–H and O–H groups in total. The summed E-state index contributed by atoms with van der Waals surface area (Å²) in [6.45, 7) is 2.37. The SMILES string of the molecule is NC1CCCC1CN1CCCCc2ccccc21. The van der Waals surface area contributed by atoms with Crippen LogP contribution in [0.1, 0.15) is 37.7 Å². The lowest BCUT2D eigenvalue weighted by Gasteiger charge is -2.29. The fourth-order valence-corrected chi connectivity index (χ4v) is 3.53. The summed E-state index contributed by atoms with van der Waals surface area (Å²) < 4.78 is 0. The Morgan fingerprint density at radius 1 is 1.11 bits per heavy atom. The minimum atomic E-state index is 0.431. The van der Waals surface area contributed by atoms with E-state index in [-0.39, 0.29) is 0 Å². The van der Waals surface area contributed by atoms with Crippen LogP contribution in [0, 0.1) is 5.92 Å². The molecular formula is C16H24N2. The average Bonchev–Trinajstić information content (AvgIpc) is 2.68. The summed E-state index contributed by atoms with van der Waals surface area (Å²) in [5.74, 6) is 0.705. The molecule has 1 aromatic rings. The zero-order valence-electron chi connectivity index (χ0n) is 11.1. The average molecular weight is 244 g/mol. The lowest BCUT2D eigenvalue weighted by molar-refractivity contribution is 0.471. The van der Waals surface area contributed by atoms with Crippen molar-refractivity contribution in [1.82, 2.24) is 0 Å². The second kappa shape index (κ2) is 5.31. The molecule has 2 aliphatic rings. The molecule has 98 valence electrons. The van der Waals surface area contributed by atoms with Crippen LogP contribution in [0.3, 0.4) is 0 Å². The van der Waals surface area contributed by atoms with Crippen LogP contribution in [0.4, 0.5) is 5.69 Å². The maximum Gasteiger partial charge on any atom is 0.0398 e. The van der Waals surface area contributed by atoms with Crippen molar-refractivity contribution in [1.29, 1.82) is 0 Å². The van der Waals surface area contributed by atoms with Gasteiger partial charge in [-0.15, -0.1) is 0 Å². The van der Waals surface area contributed by atoms with E-state index in [1.54, 1.807) is 0 Å². The van der Waals surface area contributed by atoms with Crippen LogP contribution in [-0.2, 0) is 6.42 Å². The van der Waals surface area contributed by atoms with Gasteiger partial charge in [-0.3, -0.25) is 0 Å². The van der Waals surface area contributed by atoms with Crippen molar-refractivity contribution in [3.8, 4) is 0 Å². The van der Waals surface area contributed by atoms with Crippen molar-refractivity contribution in [2.75, 3.05) is 18.0 Å². The number of nitrogens with two attached hydrogens (primary N) is 1. The van der Waals surface area contributed by atoms with E-state index in [9.17, 15) is 0 Å². The number of fused-ring (bicyclic) bond motifs is 1. The quantitative estimate of drug-likeness (QED) is 0.866. The zero-order valence-corrected chi connectivity index (χ0v) is 11.1. The van der Waals surface area contributed by atoms with Crippen molar-refractivity contribution in [3.05, 3.63) is 29.8 Å². The topological polar surface area (TPSA) is 29.3 Å². The van der Waals surface area contributed by atoms with Gasteiger partial charge < -0.3 is 10.6 Å². The van der Waals surface area contributed by atoms with E-state index in [0.29, 0.717) is 12.0 Å². The van der Waals surface area contributed by atoms with E-state index in [1.165, 1.54) is 56.3 Å². The molecule has 0 spiro atoms. The molecule has 2 heteroatoms. The molecule has 0 bridgehead atoms. The summed E-state index contributed by atoms with van der Waals surface area (Å²) in [6, 6.07) is 9.36. The highest BCUT2D eigenvalue weighted by molar-refractivity contribution is 5.54. The highest BCUT2D eigenvalue weighted by atomic mass is 15.1. The maximum atomic E-state index is 6.23. The number of benzene rings is 1.